The standard InChI is InChI=1S/C27H21ClN2O8/c28-19-2-1-3-20(30(35)36)25(19)38-14-6-4-13(5-7-14)21(31)12-37-22(32)11-29-26(33)23-15-8-9-16(18-10-17(15)18)24(23)27(29)34/h1-9,15-18,23-24H,10-12H2/t15-,16-,17-,18+,23+,24+/m0/s1. The molecule has 2 aromatic carbocycles. The first-order valence-electron chi connectivity index (χ1n) is 12.2. The number of rotatable bonds is 8. The van der Waals surface area contributed by atoms with Crippen LogP contribution in [0.1, 0.15) is 16.8 Å². The van der Waals surface area contributed by atoms with Gasteiger partial charge in [-0.25, -0.2) is 0 Å². The fraction of sp³-hybridized carbons (Fsp3) is 0.333. The molecular weight excluding hydrogens is 516 g/mol. The zero-order valence-corrected chi connectivity index (χ0v) is 20.6. The van der Waals surface area contributed by atoms with E-state index in [1.807, 2.05) is 0 Å². The van der Waals surface area contributed by atoms with Crippen molar-refractivity contribution in [1.29, 1.82) is 0 Å². The summed E-state index contributed by atoms with van der Waals surface area (Å²) in [7, 11) is 0. The van der Waals surface area contributed by atoms with Gasteiger partial charge >= 0.3 is 11.7 Å². The minimum Gasteiger partial charge on any atom is -0.456 e. The van der Waals surface area contributed by atoms with E-state index in [1.165, 1.54) is 42.5 Å². The maximum Gasteiger partial charge on any atom is 0.326 e. The maximum absolute atomic E-state index is 13.0. The number of likely N-dealkylation sites (tertiary alicyclic amines) is 1. The molecule has 1 aliphatic heterocycles. The lowest BCUT2D eigenvalue weighted by atomic mass is 9.63. The third-order valence-corrected chi connectivity index (χ3v) is 8.24. The van der Waals surface area contributed by atoms with Crippen LogP contribution in [0.15, 0.2) is 54.6 Å². The van der Waals surface area contributed by atoms with E-state index in [2.05, 4.69) is 12.2 Å². The number of imide groups is 1. The van der Waals surface area contributed by atoms with Crippen molar-refractivity contribution in [3.8, 4) is 11.5 Å². The zero-order chi connectivity index (χ0) is 26.7. The molecule has 1 heterocycles. The predicted molar refractivity (Wildman–Crippen MR) is 131 cm³/mol. The van der Waals surface area contributed by atoms with Crippen LogP contribution >= 0.6 is 11.6 Å². The lowest BCUT2D eigenvalue weighted by Gasteiger charge is -2.37. The summed E-state index contributed by atoms with van der Waals surface area (Å²) in [6, 6.07) is 9.84. The van der Waals surface area contributed by atoms with Crippen molar-refractivity contribution in [3.63, 3.8) is 0 Å². The number of carbonyl (C=O) groups excluding carboxylic acids is 4. The summed E-state index contributed by atoms with van der Waals surface area (Å²) in [6.07, 6.45) is 5.16. The SMILES string of the molecule is O=C(CN1C(=O)[C@@H]2[C@H]3C=C[C@@H]([C@@H]4C[C@H]34)[C@H]2C1=O)OCC(=O)c1ccc(Oc2c(Cl)cccc2[N+](=O)[O-])cc1. The second-order valence-electron chi connectivity index (χ2n) is 9.97. The number of nitro groups is 1. The number of hydrogen-bond donors (Lipinski definition) is 0. The Morgan fingerprint density at radius 2 is 1.63 bits per heavy atom. The van der Waals surface area contributed by atoms with Gasteiger partial charge in [-0.3, -0.25) is 34.2 Å². The van der Waals surface area contributed by atoms with Gasteiger partial charge in [-0.2, -0.15) is 0 Å². The van der Waals surface area contributed by atoms with E-state index in [-0.39, 0.29) is 51.4 Å². The van der Waals surface area contributed by atoms with Crippen LogP contribution in [0.3, 0.4) is 0 Å². The Morgan fingerprint density at radius 3 is 2.24 bits per heavy atom. The van der Waals surface area contributed by atoms with Crippen molar-refractivity contribution < 1.29 is 33.6 Å². The largest absolute Gasteiger partial charge is 0.456 e. The van der Waals surface area contributed by atoms with Gasteiger partial charge in [-0.15, -0.1) is 0 Å². The van der Waals surface area contributed by atoms with E-state index < -0.39 is 41.7 Å². The lowest BCUT2D eigenvalue weighted by molar-refractivity contribution is -0.385. The summed E-state index contributed by atoms with van der Waals surface area (Å²) in [4.78, 5) is 62.5. The van der Waals surface area contributed by atoms with Crippen LogP contribution in [-0.4, -0.2) is 46.5 Å². The van der Waals surface area contributed by atoms with Gasteiger partial charge < -0.3 is 9.47 Å². The summed E-state index contributed by atoms with van der Waals surface area (Å²) < 4.78 is 10.6. The number of benzene rings is 2. The smallest absolute Gasteiger partial charge is 0.326 e. The van der Waals surface area contributed by atoms with Gasteiger partial charge in [0.15, 0.2) is 12.4 Å². The van der Waals surface area contributed by atoms with Crippen LogP contribution in [0, 0.1) is 45.6 Å². The number of halogens is 1. The molecule has 2 bridgehead atoms. The number of allylic oxidation sites excluding steroid dienone is 2. The van der Waals surface area contributed by atoms with Crippen LogP contribution < -0.4 is 4.74 Å². The lowest BCUT2D eigenvalue weighted by Crippen LogP contribution is -2.40. The Balaban J connectivity index is 1.04. The second kappa shape index (κ2) is 9.05. The van der Waals surface area contributed by atoms with E-state index in [1.54, 1.807) is 0 Å². The number of ether oxygens (including phenoxy) is 2. The van der Waals surface area contributed by atoms with E-state index in [9.17, 15) is 29.3 Å². The Kier molecular flexibility index (Phi) is 5.79. The molecule has 2 amide bonds. The van der Waals surface area contributed by atoms with Crippen molar-refractivity contribution in [1.82, 2.24) is 4.90 Å². The first kappa shape index (κ1) is 24.3. The molecule has 11 heteroatoms. The molecule has 38 heavy (non-hydrogen) atoms. The van der Waals surface area contributed by atoms with Crippen molar-refractivity contribution in [2.45, 2.75) is 6.42 Å². The molecule has 7 rings (SSSR count). The molecule has 0 radical (unpaired) electrons. The predicted octanol–water partition coefficient (Wildman–Crippen LogP) is 3.82. The number of ketones is 1. The first-order chi connectivity index (χ1) is 18.2. The topological polar surface area (TPSA) is 133 Å². The van der Waals surface area contributed by atoms with E-state index in [0.717, 1.165) is 11.3 Å². The van der Waals surface area contributed by atoms with Gasteiger partial charge in [0, 0.05) is 11.6 Å². The summed E-state index contributed by atoms with van der Waals surface area (Å²) in [5.74, 6) is -1.68. The van der Waals surface area contributed by atoms with E-state index >= 15 is 0 Å². The monoisotopic (exact) mass is 536 g/mol. The highest BCUT2D eigenvalue weighted by Crippen LogP contribution is 2.65. The number of amides is 2. The molecule has 10 nitrogen and oxygen atoms in total. The fourth-order valence-electron chi connectivity index (χ4n) is 6.15. The second-order valence-corrected chi connectivity index (χ2v) is 10.4. The number of esters is 1. The molecule has 0 unspecified atom stereocenters. The molecule has 0 aromatic heterocycles. The third-order valence-electron chi connectivity index (χ3n) is 7.94. The molecule has 0 N–H and O–H groups in total. The Morgan fingerprint density at radius 1 is 1.00 bits per heavy atom. The third kappa shape index (κ3) is 3.96. The number of Topliss-reactive ketones (excluding diaryl/α,β-unsaturated/α-hetero) is 1. The van der Waals surface area contributed by atoms with Crippen molar-refractivity contribution in [2.24, 2.45) is 35.5 Å². The number of carbonyl (C=O) groups is 4. The highest BCUT2D eigenvalue weighted by Gasteiger charge is 2.67. The Hall–Kier alpha value is -4.05. The normalized spacial score (nSPS) is 28.1. The number of nitrogens with zero attached hydrogens (tertiary/aromatic N) is 2. The average molecular weight is 537 g/mol. The van der Waals surface area contributed by atoms with Crippen molar-refractivity contribution >= 4 is 40.9 Å². The van der Waals surface area contributed by atoms with E-state index in [4.69, 9.17) is 21.1 Å². The maximum atomic E-state index is 13.0. The highest BCUT2D eigenvalue weighted by molar-refractivity contribution is 6.32. The quantitative estimate of drug-likeness (QED) is 0.124. The summed E-state index contributed by atoms with van der Waals surface area (Å²) in [5, 5.41) is 11.3. The molecule has 2 saturated carbocycles. The van der Waals surface area contributed by atoms with Crippen LogP contribution in [0.25, 0.3) is 0 Å². The molecule has 1 saturated heterocycles. The minimum atomic E-state index is -0.838. The molecule has 6 atom stereocenters. The average Bonchev–Trinajstić information content (AvgIpc) is 3.69. The number of hydrogen-bond acceptors (Lipinski definition) is 8. The van der Waals surface area contributed by atoms with Crippen LogP contribution in [-0.2, 0) is 19.1 Å². The highest BCUT2D eigenvalue weighted by atomic mass is 35.5. The molecule has 3 fully saturated rings. The molecular formula is C27H21ClN2O8. The van der Waals surface area contributed by atoms with Crippen molar-refractivity contribution in [2.75, 3.05) is 13.2 Å². The van der Waals surface area contributed by atoms with Crippen LogP contribution in [0.2, 0.25) is 5.02 Å². The summed E-state index contributed by atoms with van der Waals surface area (Å²) >= 11 is 6.04. The van der Waals surface area contributed by atoms with Gasteiger partial charge in [-0.05, 0) is 60.4 Å². The Bertz CT molecular complexity index is 1380. The van der Waals surface area contributed by atoms with Gasteiger partial charge in [0.25, 0.3) is 0 Å². The number of nitro benzene ring substituents is 1. The van der Waals surface area contributed by atoms with Crippen molar-refractivity contribution in [3.05, 3.63) is 75.3 Å². The minimum absolute atomic E-state index is 0.0567. The molecule has 4 aliphatic carbocycles. The molecule has 0 spiro atoms. The first-order valence-corrected chi connectivity index (χ1v) is 12.6. The van der Waals surface area contributed by atoms with Crippen LogP contribution in [0.4, 0.5) is 5.69 Å². The number of para-hydroxylation sites is 1. The zero-order valence-electron chi connectivity index (χ0n) is 19.8. The van der Waals surface area contributed by atoms with Gasteiger partial charge in [0.05, 0.1) is 21.8 Å². The van der Waals surface area contributed by atoms with E-state index in [0.29, 0.717) is 11.8 Å². The van der Waals surface area contributed by atoms with Crippen LogP contribution in [0.5, 0.6) is 11.5 Å². The summed E-state index contributed by atoms with van der Waals surface area (Å²) in [6.45, 7) is -1.09. The molecule has 2 aromatic rings. The molecule has 194 valence electrons. The van der Waals surface area contributed by atoms with Gasteiger partial charge in [0.1, 0.15) is 12.3 Å². The Labute approximate surface area is 221 Å². The van der Waals surface area contributed by atoms with Gasteiger partial charge in [-0.1, -0.05) is 29.8 Å². The van der Waals surface area contributed by atoms with Gasteiger partial charge in [0.2, 0.25) is 17.6 Å². The summed E-state index contributed by atoms with van der Waals surface area (Å²) in [5.41, 5.74) is -0.0977. The fourth-order valence-corrected chi connectivity index (χ4v) is 6.36. The molecule has 5 aliphatic rings.